The van der Waals surface area contributed by atoms with Crippen molar-refractivity contribution in [3.63, 3.8) is 0 Å². The molecule has 0 bridgehead atoms. The largest absolute Gasteiger partial charge is 0.125 e. The number of hydrogen-bond acceptors (Lipinski definition) is 0. The van der Waals surface area contributed by atoms with E-state index >= 15 is 0 Å². The summed E-state index contributed by atoms with van der Waals surface area (Å²) in [5, 5.41) is 0. The van der Waals surface area contributed by atoms with Gasteiger partial charge in [-0.15, -0.1) is 5.73 Å². The molecule has 0 heterocycles. The van der Waals surface area contributed by atoms with E-state index in [-0.39, 0.29) is 0 Å². The van der Waals surface area contributed by atoms with Gasteiger partial charge in [-0.05, 0) is 25.3 Å². The third-order valence-corrected chi connectivity index (χ3v) is 2.86. The zero-order chi connectivity index (χ0) is 11.8. The molecular weight excluding hydrogens is 192 g/mol. The van der Waals surface area contributed by atoms with Crippen LogP contribution in [-0.4, -0.2) is 0 Å². The Kier molecular flexibility index (Phi) is 5.67. The molecule has 0 fully saturated rings. The minimum absolute atomic E-state index is 1.10. The quantitative estimate of drug-likeness (QED) is 0.454. The molecule has 0 N–H and O–H groups in total. The highest BCUT2D eigenvalue weighted by atomic mass is 14.0. The molecule has 0 aromatic heterocycles. The highest BCUT2D eigenvalue weighted by molar-refractivity contribution is 5.65. The molecule has 0 saturated heterocycles. The third-order valence-electron chi connectivity index (χ3n) is 2.86. The van der Waals surface area contributed by atoms with Gasteiger partial charge in [0.25, 0.3) is 0 Å². The third kappa shape index (κ3) is 4.08. The Labute approximate surface area is 99.7 Å². The summed E-state index contributed by atoms with van der Waals surface area (Å²) in [5.41, 5.74) is 6.94. The van der Waals surface area contributed by atoms with Gasteiger partial charge in [0.05, 0.1) is 0 Å². The van der Waals surface area contributed by atoms with Crippen LogP contribution in [0.2, 0.25) is 0 Å². The van der Waals surface area contributed by atoms with E-state index in [9.17, 15) is 0 Å². The fraction of sp³-hybridized carbons (Fsp3) is 0.438. The maximum atomic E-state index is 3.80. The van der Waals surface area contributed by atoms with E-state index in [4.69, 9.17) is 0 Å². The fourth-order valence-electron chi connectivity index (χ4n) is 1.90. The maximum Gasteiger partial charge on any atom is 0.000590 e. The van der Waals surface area contributed by atoms with Crippen molar-refractivity contribution in [3.8, 4) is 0 Å². The zero-order valence-electron chi connectivity index (χ0n) is 10.6. The summed E-state index contributed by atoms with van der Waals surface area (Å²) < 4.78 is 0. The molecule has 0 spiro atoms. The van der Waals surface area contributed by atoms with Crippen molar-refractivity contribution >= 4 is 5.57 Å². The van der Waals surface area contributed by atoms with Gasteiger partial charge in [-0.2, -0.15) is 0 Å². The molecule has 1 rings (SSSR count). The molecule has 0 heteroatoms. The van der Waals surface area contributed by atoms with Crippen molar-refractivity contribution in [2.24, 2.45) is 0 Å². The minimum atomic E-state index is 1.10. The van der Waals surface area contributed by atoms with Gasteiger partial charge in [-0.3, -0.25) is 0 Å². The Hall–Kier alpha value is -1.26. The Morgan fingerprint density at radius 2 is 2.06 bits per heavy atom. The second-order valence-electron chi connectivity index (χ2n) is 4.34. The van der Waals surface area contributed by atoms with Gasteiger partial charge in [0.15, 0.2) is 0 Å². The first-order valence-electron chi connectivity index (χ1n) is 6.24. The smallest absolute Gasteiger partial charge is 0.000590 e. The van der Waals surface area contributed by atoms with Crippen molar-refractivity contribution in [2.75, 3.05) is 0 Å². The van der Waals surface area contributed by atoms with Gasteiger partial charge in [-0.1, -0.05) is 62.6 Å². The monoisotopic (exact) mass is 214 g/mol. The number of rotatable bonds is 6. The van der Waals surface area contributed by atoms with E-state index in [1.54, 1.807) is 0 Å². The summed E-state index contributed by atoms with van der Waals surface area (Å²) in [4.78, 5) is 0. The Morgan fingerprint density at radius 3 is 2.69 bits per heavy atom. The second-order valence-corrected chi connectivity index (χ2v) is 4.34. The van der Waals surface area contributed by atoms with Crippen LogP contribution in [0, 0.1) is 6.92 Å². The Balaban J connectivity index is 2.59. The van der Waals surface area contributed by atoms with E-state index < -0.39 is 0 Å². The lowest BCUT2D eigenvalue weighted by Gasteiger charge is -2.06. The average Bonchev–Trinajstić information content (AvgIpc) is 2.29. The van der Waals surface area contributed by atoms with Crippen molar-refractivity contribution in [1.29, 1.82) is 0 Å². The number of benzene rings is 1. The predicted molar refractivity (Wildman–Crippen MR) is 72.5 cm³/mol. The topological polar surface area (TPSA) is 0 Å². The fourth-order valence-corrected chi connectivity index (χ4v) is 1.90. The van der Waals surface area contributed by atoms with Gasteiger partial charge in [-0.25, -0.2) is 0 Å². The van der Waals surface area contributed by atoms with Crippen LogP contribution >= 0.6 is 0 Å². The van der Waals surface area contributed by atoms with Crippen LogP contribution in [0.15, 0.2) is 36.6 Å². The van der Waals surface area contributed by atoms with Crippen LogP contribution in [0.25, 0.3) is 5.57 Å². The molecule has 0 aliphatic rings. The number of allylic oxidation sites excluding steroid dienone is 1. The summed E-state index contributed by atoms with van der Waals surface area (Å²) in [7, 11) is 0. The lowest BCUT2D eigenvalue weighted by molar-refractivity contribution is 0.679. The predicted octanol–water partition coefficient (Wildman–Crippen LogP) is 5.13. The van der Waals surface area contributed by atoms with Crippen LogP contribution in [0.4, 0.5) is 0 Å². The van der Waals surface area contributed by atoms with E-state index in [2.05, 4.69) is 50.4 Å². The summed E-state index contributed by atoms with van der Waals surface area (Å²) in [5.74, 6) is 0. The molecule has 0 saturated carbocycles. The number of aryl methyl sites for hydroxylation is 1. The summed E-state index contributed by atoms with van der Waals surface area (Å²) in [6.45, 7) is 8.17. The van der Waals surface area contributed by atoms with Crippen molar-refractivity contribution in [2.45, 2.75) is 46.0 Å². The molecular formula is C16H22. The maximum absolute atomic E-state index is 3.80. The first-order valence-corrected chi connectivity index (χ1v) is 6.24. The molecule has 0 aliphatic carbocycles. The van der Waals surface area contributed by atoms with Crippen LogP contribution in [0.3, 0.4) is 0 Å². The van der Waals surface area contributed by atoms with E-state index in [0.717, 1.165) is 6.42 Å². The Bertz CT molecular complexity index is 367. The normalized spacial score (nSPS) is 9.88. The first kappa shape index (κ1) is 12.8. The van der Waals surface area contributed by atoms with Gasteiger partial charge in [0.1, 0.15) is 0 Å². The molecule has 0 amide bonds. The highest BCUT2D eigenvalue weighted by Crippen LogP contribution is 2.21. The SMILES string of the molecule is C=C=C(CCCCCC)c1cccc(C)c1. The second kappa shape index (κ2) is 7.09. The van der Waals surface area contributed by atoms with Gasteiger partial charge in [0, 0.05) is 5.57 Å². The molecule has 0 atom stereocenters. The van der Waals surface area contributed by atoms with Crippen molar-refractivity contribution < 1.29 is 0 Å². The number of unbranched alkanes of at least 4 members (excludes halogenated alkanes) is 3. The highest BCUT2D eigenvalue weighted by Gasteiger charge is 2.00. The zero-order valence-corrected chi connectivity index (χ0v) is 10.6. The van der Waals surface area contributed by atoms with Crippen LogP contribution in [0.1, 0.15) is 50.2 Å². The van der Waals surface area contributed by atoms with Crippen molar-refractivity contribution in [3.05, 3.63) is 47.7 Å². The molecule has 86 valence electrons. The number of hydrogen-bond donors (Lipinski definition) is 0. The van der Waals surface area contributed by atoms with Crippen LogP contribution in [0.5, 0.6) is 0 Å². The minimum Gasteiger partial charge on any atom is -0.125 e. The lowest BCUT2D eigenvalue weighted by Crippen LogP contribution is -1.86. The molecule has 0 nitrogen and oxygen atoms in total. The van der Waals surface area contributed by atoms with E-state index in [1.807, 2.05) is 0 Å². The van der Waals surface area contributed by atoms with Gasteiger partial charge >= 0.3 is 0 Å². The summed E-state index contributed by atoms with van der Waals surface area (Å²) in [6, 6.07) is 8.60. The summed E-state index contributed by atoms with van der Waals surface area (Å²) in [6.07, 6.45) is 6.29. The van der Waals surface area contributed by atoms with Gasteiger partial charge in [0.2, 0.25) is 0 Å². The van der Waals surface area contributed by atoms with Crippen LogP contribution < -0.4 is 0 Å². The lowest BCUT2D eigenvalue weighted by atomic mass is 9.99. The average molecular weight is 214 g/mol. The van der Waals surface area contributed by atoms with E-state index in [1.165, 1.54) is 42.4 Å². The first-order chi connectivity index (χ1) is 7.77. The molecule has 1 aromatic carbocycles. The van der Waals surface area contributed by atoms with Crippen LogP contribution in [-0.2, 0) is 0 Å². The molecule has 0 radical (unpaired) electrons. The molecule has 16 heavy (non-hydrogen) atoms. The molecule has 0 unspecified atom stereocenters. The van der Waals surface area contributed by atoms with E-state index in [0.29, 0.717) is 0 Å². The Morgan fingerprint density at radius 1 is 1.25 bits per heavy atom. The van der Waals surface area contributed by atoms with Gasteiger partial charge < -0.3 is 0 Å². The molecule has 0 aliphatic heterocycles. The van der Waals surface area contributed by atoms with Crippen molar-refractivity contribution in [1.82, 2.24) is 0 Å². The molecule has 1 aromatic rings. The standard InChI is InChI=1S/C16H22/c1-4-6-7-8-11-15(5-2)16-12-9-10-14(3)13-16/h9-10,12-13H,2,4,6-8,11H2,1,3H3. The summed E-state index contributed by atoms with van der Waals surface area (Å²) >= 11 is 0.